The molecule has 0 radical (unpaired) electrons. The number of nitrogens with zero attached hydrogens (tertiary/aromatic N) is 1. The molecule has 0 fully saturated rings. The Labute approximate surface area is 96.4 Å². The van der Waals surface area contributed by atoms with Crippen LogP contribution in [0.5, 0.6) is 0 Å². The van der Waals surface area contributed by atoms with E-state index in [4.69, 9.17) is 10.2 Å². The molecule has 1 aromatic heterocycles. The number of carboxylic acids is 1. The van der Waals surface area contributed by atoms with E-state index in [9.17, 15) is 4.79 Å². The van der Waals surface area contributed by atoms with Crippen LogP contribution >= 0.6 is 23.1 Å². The van der Waals surface area contributed by atoms with E-state index >= 15 is 0 Å². The number of carbonyl (C=O) groups is 1. The van der Waals surface area contributed by atoms with Crippen LogP contribution in [0.4, 0.5) is 0 Å². The number of hydrogen-bond acceptors (Lipinski definition) is 5. The molecule has 4 nitrogen and oxygen atoms in total. The number of thioether (sulfide) groups is 1. The Bertz CT molecular complexity index is 349. The summed E-state index contributed by atoms with van der Waals surface area (Å²) in [4.78, 5) is 15.6. The highest BCUT2D eigenvalue weighted by atomic mass is 32.2. The van der Waals surface area contributed by atoms with E-state index in [1.165, 1.54) is 23.1 Å². The highest BCUT2D eigenvalue weighted by Gasteiger charge is 2.11. The summed E-state index contributed by atoms with van der Waals surface area (Å²) in [5.74, 6) is -0.256. The zero-order valence-electron chi connectivity index (χ0n) is 8.56. The minimum Gasteiger partial charge on any atom is -0.481 e. The molecular formula is C9H13NO3S2. The van der Waals surface area contributed by atoms with Crippen LogP contribution in [-0.2, 0) is 11.2 Å². The fourth-order valence-corrected chi connectivity index (χ4v) is 3.07. The van der Waals surface area contributed by atoms with Gasteiger partial charge in [0, 0.05) is 10.6 Å². The molecule has 15 heavy (non-hydrogen) atoms. The summed E-state index contributed by atoms with van der Waals surface area (Å²) in [6.07, 6.45) is -0.347. The molecule has 0 saturated carbocycles. The molecule has 1 rings (SSSR count). The Morgan fingerprint density at radius 1 is 1.67 bits per heavy atom. The van der Waals surface area contributed by atoms with E-state index < -0.39 is 5.97 Å². The molecule has 0 aliphatic heterocycles. The zero-order valence-corrected chi connectivity index (χ0v) is 10.2. The molecule has 0 amide bonds. The first-order valence-electron chi connectivity index (χ1n) is 4.48. The van der Waals surface area contributed by atoms with Gasteiger partial charge < -0.3 is 10.2 Å². The Balaban J connectivity index is 2.64. The van der Waals surface area contributed by atoms with Crippen LogP contribution in [0.1, 0.15) is 17.5 Å². The summed E-state index contributed by atoms with van der Waals surface area (Å²) < 4.78 is 0.824. The van der Waals surface area contributed by atoms with Crippen LogP contribution < -0.4 is 0 Å². The van der Waals surface area contributed by atoms with Gasteiger partial charge in [-0.1, -0.05) is 11.8 Å². The van der Waals surface area contributed by atoms with Crippen LogP contribution in [0.2, 0.25) is 0 Å². The predicted octanol–water partition coefficient (Wildman–Crippen LogP) is 1.55. The van der Waals surface area contributed by atoms with Crippen LogP contribution in [-0.4, -0.2) is 33.0 Å². The van der Waals surface area contributed by atoms with Crippen molar-refractivity contribution in [2.24, 2.45) is 0 Å². The van der Waals surface area contributed by atoms with Crippen LogP contribution in [0.25, 0.3) is 0 Å². The monoisotopic (exact) mass is 247 g/mol. The van der Waals surface area contributed by atoms with Gasteiger partial charge in [0.05, 0.1) is 18.2 Å². The summed E-state index contributed by atoms with van der Waals surface area (Å²) >= 11 is 2.84. The third-order valence-corrected chi connectivity index (χ3v) is 4.18. The van der Waals surface area contributed by atoms with Crippen molar-refractivity contribution in [1.82, 2.24) is 4.98 Å². The van der Waals surface area contributed by atoms with Crippen molar-refractivity contribution < 1.29 is 15.0 Å². The number of aliphatic hydroxyl groups is 1. The second kappa shape index (κ2) is 5.48. The van der Waals surface area contributed by atoms with Gasteiger partial charge in [-0.3, -0.25) is 4.79 Å². The molecule has 0 saturated heterocycles. The van der Waals surface area contributed by atoms with E-state index in [1.807, 2.05) is 0 Å². The fourth-order valence-electron chi connectivity index (χ4n) is 0.956. The van der Waals surface area contributed by atoms with Crippen molar-refractivity contribution in [3.8, 4) is 0 Å². The summed E-state index contributed by atoms with van der Waals surface area (Å²) in [6, 6.07) is 0. The molecule has 0 spiro atoms. The second-order valence-electron chi connectivity index (χ2n) is 3.22. The average molecular weight is 247 g/mol. The van der Waals surface area contributed by atoms with Crippen molar-refractivity contribution >= 4 is 29.1 Å². The van der Waals surface area contributed by atoms with Gasteiger partial charge in [-0.05, 0) is 13.8 Å². The maximum absolute atomic E-state index is 10.5. The van der Waals surface area contributed by atoms with Crippen LogP contribution in [0.15, 0.2) is 4.34 Å². The molecular weight excluding hydrogens is 234 g/mol. The first kappa shape index (κ1) is 12.5. The summed E-state index contributed by atoms with van der Waals surface area (Å²) in [7, 11) is 0. The molecule has 1 unspecified atom stereocenters. The van der Waals surface area contributed by atoms with Crippen molar-refractivity contribution in [1.29, 1.82) is 0 Å². The van der Waals surface area contributed by atoms with Gasteiger partial charge in [-0.15, -0.1) is 11.3 Å². The lowest BCUT2D eigenvalue weighted by Gasteiger charge is -1.99. The second-order valence-corrected chi connectivity index (χ2v) is 5.57. The average Bonchev–Trinajstić information content (AvgIpc) is 2.43. The third kappa shape index (κ3) is 4.19. The van der Waals surface area contributed by atoms with E-state index in [-0.39, 0.29) is 12.5 Å². The minimum atomic E-state index is -0.839. The predicted molar refractivity (Wildman–Crippen MR) is 60.6 cm³/mol. The molecule has 0 aromatic carbocycles. The number of aliphatic hydroxyl groups excluding tert-OH is 1. The maximum Gasteiger partial charge on any atom is 0.308 e. The Kier molecular flexibility index (Phi) is 4.56. The smallest absolute Gasteiger partial charge is 0.308 e. The first-order chi connectivity index (χ1) is 6.99. The molecule has 0 bridgehead atoms. The van der Waals surface area contributed by atoms with Crippen molar-refractivity contribution in [3.05, 3.63) is 10.6 Å². The quantitative estimate of drug-likeness (QED) is 0.773. The third-order valence-electron chi connectivity index (χ3n) is 1.63. The van der Waals surface area contributed by atoms with Crippen LogP contribution in [0, 0.1) is 6.92 Å². The number of thiazole rings is 1. The summed E-state index contributed by atoms with van der Waals surface area (Å²) in [6.45, 7) is 3.52. The molecule has 1 aromatic rings. The zero-order chi connectivity index (χ0) is 11.4. The first-order valence-corrected chi connectivity index (χ1v) is 6.28. The fraction of sp³-hybridized carbons (Fsp3) is 0.556. The van der Waals surface area contributed by atoms with E-state index in [0.29, 0.717) is 5.75 Å². The number of hydrogen-bond donors (Lipinski definition) is 2. The largest absolute Gasteiger partial charge is 0.481 e. The standard InChI is InChI=1S/C9H13NO3S2/c1-5(11)4-14-9-10-6(2)7(15-9)3-8(12)13/h5,11H,3-4H2,1-2H3,(H,12,13). The highest BCUT2D eigenvalue weighted by molar-refractivity contribution is 8.01. The lowest BCUT2D eigenvalue weighted by molar-refractivity contribution is -0.136. The van der Waals surface area contributed by atoms with Gasteiger partial charge >= 0.3 is 5.97 Å². The maximum atomic E-state index is 10.5. The van der Waals surface area contributed by atoms with Crippen molar-refractivity contribution in [3.63, 3.8) is 0 Å². The normalized spacial score (nSPS) is 12.7. The lowest BCUT2D eigenvalue weighted by atomic mass is 10.3. The summed E-state index contributed by atoms with van der Waals surface area (Å²) in [5.41, 5.74) is 0.774. The van der Waals surface area contributed by atoms with Gasteiger partial charge in [-0.25, -0.2) is 4.98 Å². The molecule has 1 atom stereocenters. The van der Waals surface area contributed by atoms with E-state index in [0.717, 1.165) is 14.9 Å². The Morgan fingerprint density at radius 2 is 2.33 bits per heavy atom. The van der Waals surface area contributed by atoms with Gasteiger partial charge in [0.1, 0.15) is 4.34 Å². The molecule has 84 valence electrons. The van der Waals surface area contributed by atoms with Gasteiger partial charge in [0.25, 0.3) is 0 Å². The molecule has 6 heteroatoms. The van der Waals surface area contributed by atoms with Crippen LogP contribution in [0.3, 0.4) is 0 Å². The van der Waals surface area contributed by atoms with E-state index in [2.05, 4.69) is 4.98 Å². The number of aryl methyl sites for hydroxylation is 1. The number of carboxylic acid groups (broad SMARTS) is 1. The van der Waals surface area contributed by atoms with E-state index in [1.54, 1.807) is 13.8 Å². The van der Waals surface area contributed by atoms with Gasteiger partial charge in [-0.2, -0.15) is 0 Å². The number of aromatic nitrogens is 1. The minimum absolute atomic E-state index is 0.0265. The molecule has 2 N–H and O–H groups in total. The summed E-state index contributed by atoms with van der Waals surface area (Å²) in [5, 5.41) is 17.7. The molecule has 0 aliphatic carbocycles. The van der Waals surface area contributed by atoms with Gasteiger partial charge in [0.15, 0.2) is 0 Å². The SMILES string of the molecule is Cc1nc(SCC(C)O)sc1CC(=O)O. The van der Waals surface area contributed by atoms with Crippen molar-refractivity contribution in [2.45, 2.75) is 30.7 Å². The number of aliphatic carboxylic acids is 1. The number of rotatable bonds is 5. The lowest BCUT2D eigenvalue weighted by Crippen LogP contribution is -2.01. The Hall–Kier alpha value is -0.590. The van der Waals surface area contributed by atoms with Crippen molar-refractivity contribution in [2.75, 3.05) is 5.75 Å². The Morgan fingerprint density at radius 3 is 2.87 bits per heavy atom. The molecule has 0 aliphatic rings. The highest BCUT2D eigenvalue weighted by Crippen LogP contribution is 2.27. The van der Waals surface area contributed by atoms with Gasteiger partial charge in [0.2, 0.25) is 0 Å². The molecule has 1 heterocycles. The topological polar surface area (TPSA) is 70.4 Å².